The molecule has 0 aromatic heterocycles. The summed E-state index contributed by atoms with van der Waals surface area (Å²) in [5.74, 6) is 1.95. The van der Waals surface area contributed by atoms with Crippen LogP contribution in [-0.4, -0.2) is 0 Å². The predicted molar refractivity (Wildman–Crippen MR) is 73.6 cm³/mol. The van der Waals surface area contributed by atoms with Gasteiger partial charge in [0.1, 0.15) is 0 Å². The van der Waals surface area contributed by atoms with Crippen molar-refractivity contribution in [2.24, 2.45) is 22.7 Å². The van der Waals surface area contributed by atoms with Gasteiger partial charge in [-0.25, -0.2) is 0 Å². The fourth-order valence-electron chi connectivity index (χ4n) is 3.31. The smallest absolute Gasteiger partial charge is 0.0354 e. The van der Waals surface area contributed by atoms with E-state index in [1.54, 1.807) is 0 Å². The maximum absolute atomic E-state index is 2.42. The first-order valence-electron chi connectivity index (χ1n) is 7.18. The van der Waals surface area contributed by atoms with Gasteiger partial charge in [0.15, 0.2) is 0 Å². The second-order valence-corrected chi connectivity index (χ2v) is 8.20. The van der Waals surface area contributed by atoms with E-state index in [0.29, 0.717) is 10.8 Å². The number of hydrogen-bond donors (Lipinski definition) is 0. The van der Waals surface area contributed by atoms with Crippen molar-refractivity contribution < 1.29 is 0 Å². The topological polar surface area (TPSA) is 0 Å². The standard InChI is InChI=1S/C16H32/c1-15(2,3)12-13-8-7-9-14(11-10-13)16(4,5)6/h13-14H,7-12H2,1-6H3. The van der Waals surface area contributed by atoms with Crippen LogP contribution in [0.25, 0.3) is 0 Å². The van der Waals surface area contributed by atoms with Gasteiger partial charge in [0.25, 0.3) is 0 Å². The van der Waals surface area contributed by atoms with Crippen molar-refractivity contribution in [1.29, 1.82) is 0 Å². The van der Waals surface area contributed by atoms with Gasteiger partial charge in [0, 0.05) is 0 Å². The van der Waals surface area contributed by atoms with Gasteiger partial charge < -0.3 is 0 Å². The van der Waals surface area contributed by atoms with Crippen LogP contribution in [0.4, 0.5) is 0 Å². The third-order valence-electron chi connectivity index (χ3n) is 4.21. The maximum Gasteiger partial charge on any atom is -0.0354 e. The van der Waals surface area contributed by atoms with Gasteiger partial charge in [-0.05, 0) is 41.9 Å². The lowest BCUT2D eigenvalue weighted by molar-refractivity contribution is 0.208. The first kappa shape index (κ1) is 14.1. The zero-order chi connectivity index (χ0) is 12.4. The predicted octanol–water partition coefficient (Wildman–Crippen LogP) is 5.67. The van der Waals surface area contributed by atoms with Gasteiger partial charge in [0.2, 0.25) is 0 Å². The highest BCUT2D eigenvalue weighted by atomic mass is 14.3. The molecule has 0 spiro atoms. The van der Waals surface area contributed by atoms with Crippen molar-refractivity contribution in [2.75, 3.05) is 0 Å². The van der Waals surface area contributed by atoms with Gasteiger partial charge in [-0.3, -0.25) is 0 Å². The zero-order valence-corrected chi connectivity index (χ0v) is 12.4. The average molecular weight is 224 g/mol. The Morgan fingerprint density at radius 3 is 1.94 bits per heavy atom. The summed E-state index contributed by atoms with van der Waals surface area (Å²) in [6.45, 7) is 14.4. The summed E-state index contributed by atoms with van der Waals surface area (Å²) in [7, 11) is 0. The normalized spacial score (nSPS) is 28.9. The molecule has 0 aromatic carbocycles. The van der Waals surface area contributed by atoms with Gasteiger partial charge in [-0.15, -0.1) is 0 Å². The molecule has 1 aliphatic rings. The van der Waals surface area contributed by atoms with Crippen LogP contribution in [0.5, 0.6) is 0 Å². The van der Waals surface area contributed by atoms with Gasteiger partial charge >= 0.3 is 0 Å². The average Bonchev–Trinajstić information content (AvgIpc) is 2.25. The lowest BCUT2D eigenvalue weighted by Crippen LogP contribution is -2.20. The van der Waals surface area contributed by atoms with E-state index in [-0.39, 0.29) is 0 Å². The van der Waals surface area contributed by atoms with Crippen molar-refractivity contribution in [3.8, 4) is 0 Å². The Morgan fingerprint density at radius 2 is 1.44 bits per heavy atom. The second kappa shape index (κ2) is 5.10. The molecular weight excluding hydrogens is 192 g/mol. The summed E-state index contributed by atoms with van der Waals surface area (Å²) in [5, 5.41) is 0. The highest BCUT2D eigenvalue weighted by molar-refractivity contribution is 4.80. The first-order chi connectivity index (χ1) is 7.18. The molecular formula is C16H32. The van der Waals surface area contributed by atoms with E-state index in [4.69, 9.17) is 0 Å². The van der Waals surface area contributed by atoms with E-state index in [1.807, 2.05) is 0 Å². The van der Waals surface area contributed by atoms with Crippen molar-refractivity contribution in [3.05, 3.63) is 0 Å². The lowest BCUT2D eigenvalue weighted by atomic mass is 9.76. The molecule has 1 rings (SSSR count). The molecule has 2 atom stereocenters. The second-order valence-electron chi connectivity index (χ2n) is 8.20. The molecule has 16 heavy (non-hydrogen) atoms. The zero-order valence-electron chi connectivity index (χ0n) is 12.4. The Labute approximate surface area is 103 Å². The molecule has 1 saturated carbocycles. The molecule has 0 amide bonds. The molecule has 0 radical (unpaired) electrons. The Balaban J connectivity index is 2.47. The van der Waals surface area contributed by atoms with E-state index in [9.17, 15) is 0 Å². The number of hydrogen-bond acceptors (Lipinski definition) is 0. The molecule has 0 heterocycles. The van der Waals surface area contributed by atoms with Crippen LogP contribution in [0.3, 0.4) is 0 Å². The van der Waals surface area contributed by atoms with Crippen LogP contribution in [0.1, 0.15) is 80.1 Å². The first-order valence-corrected chi connectivity index (χ1v) is 7.18. The molecule has 0 saturated heterocycles. The Kier molecular flexibility index (Phi) is 4.49. The van der Waals surface area contributed by atoms with Crippen LogP contribution >= 0.6 is 0 Å². The molecule has 96 valence electrons. The monoisotopic (exact) mass is 224 g/mol. The molecule has 1 aliphatic carbocycles. The molecule has 0 N–H and O–H groups in total. The van der Waals surface area contributed by atoms with Crippen LogP contribution in [0, 0.1) is 22.7 Å². The fourth-order valence-corrected chi connectivity index (χ4v) is 3.31. The fraction of sp³-hybridized carbons (Fsp3) is 1.00. The minimum absolute atomic E-state index is 0.520. The molecule has 1 fully saturated rings. The van der Waals surface area contributed by atoms with Crippen LogP contribution in [0.15, 0.2) is 0 Å². The van der Waals surface area contributed by atoms with Gasteiger partial charge in [-0.2, -0.15) is 0 Å². The molecule has 0 aromatic rings. The van der Waals surface area contributed by atoms with Crippen molar-refractivity contribution in [1.82, 2.24) is 0 Å². The third kappa shape index (κ3) is 4.89. The quantitative estimate of drug-likeness (QED) is 0.504. The number of rotatable bonds is 1. The van der Waals surface area contributed by atoms with Crippen LogP contribution in [0.2, 0.25) is 0 Å². The highest BCUT2D eigenvalue weighted by Gasteiger charge is 2.29. The molecule has 0 aliphatic heterocycles. The largest absolute Gasteiger partial charge is 0.0602 e. The van der Waals surface area contributed by atoms with E-state index < -0.39 is 0 Å². The summed E-state index contributed by atoms with van der Waals surface area (Å²) in [5.41, 5.74) is 1.04. The summed E-state index contributed by atoms with van der Waals surface area (Å²) in [6, 6.07) is 0. The van der Waals surface area contributed by atoms with Crippen LogP contribution < -0.4 is 0 Å². The maximum atomic E-state index is 2.42. The van der Waals surface area contributed by atoms with Crippen molar-refractivity contribution in [3.63, 3.8) is 0 Å². The summed E-state index contributed by atoms with van der Waals surface area (Å²) in [6.07, 6.45) is 8.75. The molecule has 2 unspecified atom stereocenters. The summed E-state index contributed by atoms with van der Waals surface area (Å²) < 4.78 is 0. The molecule has 0 bridgehead atoms. The van der Waals surface area contributed by atoms with Gasteiger partial charge in [0.05, 0.1) is 0 Å². The van der Waals surface area contributed by atoms with E-state index in [2.05, 4.69) is 41.5 Å². The summed E-state index contributed by atoms with van der Waals surface area (Å²) in [4.78, 5) is 0. The Hall–Kier alpha value is 0. The lowest BCUT2D eigenvalue weighted by Gasteiger charge is -2.30. The van der Waals surface area contributed by atoms with E-state index in [1.165, 1.54) is 38.5 Å². The minimum Gasteiger partial charge on any atom is -0.0602 e. The van der Waals surface area contributed by atoms with Crippen LogP contribution in [-0.2, 0) is 0 Å². The molecule has 0 heteroatoms. The third-order valence-corrected chi connectivity index (χ3v) is 4.21. The Bertz CT molecular complexity index is 201. The van der Waals surface area contributed by atoms with E-state index >= 15 is 0 Å². The highest BCUT2D eigenvalue weighted by Crippen LogP contribution is 2.41. The van der Waals surface area contributed by atoms with Gasteiger partial charge in [-0.1, -0.05) is 60.8 Å². The van der Waals surface area contributed by atoms with Crippen molar-refractivity contribution in [2.45, 2.75) is 80.1 Å². The van der Waals surface area contributed by atoms with E-state index in [0.717, 1.165) is 11.8 Å². The van der Waals surface area contributed by atoms with Crippen molar-refractivity contribution >= 4 is 0 Å². The molecule has 0 nitrogen and oxygen atoms in total. The minimum atomic E-state index is 0.520. The Morgan fingerprint density at radius 1 is 0.812 bits per heavy atom. The summed E-state index contributed by atoms with van der Waals surface area (Å²) >= 11 is 0. The SMILES string of the molecule is CC(C)(C)CC1CCCC(C(C)(C)C)CC1.